The smallest absolute Gasteiger partial charge is 0.234 e. The summed E-state index contributed by atoms with van der Waals surface area (Å²) < 4.78 is 13.6. The average molecular weight is 455 g/mol. The Morgan fingerprint density at radius 2 is 1.88 bits per heavy atom. The lowest BCUT2D eigenvalue weighted by molar-refractivity contribution is -0.113. The lowest BCUT2D eigenvalue weighted by Crippen LogP contribution is -2.16. The SMILES string of the molecule is CCOc1cc(C)ccc1OCc1nnc(SCC(=O)Nc2cccc(C)c2C)n1CC. The molecule has 2 aromatic carbocycles. The molecule has 7 nitrogen and oxygen atoms in total. The first kappa shape index (κ1) is 23.7. The van der Waals surface area contributed by atoms with Gasteiger partial charge in [0.25, 0.3) is 0 Å². The number of aromatic nitrogens is 3. The molecule has 32 heavy (non-hydrogen) atoms. The van der Waals surface area contributed by atoms with Gasteiger partial charge in [0.1, 0.15) is 6.61 Å². The van der Waals surface area contributed by atoms with Crippen molar-refractivity contribution in [3.8, 4) is 11.5 Å². The molecule has 1 heterocycles. The zero-order valence-electron chi connectivity index (χ0n) is 19.3. The van der Waals surface area contributed by atoms with E-state index < -0.39 is 0 Å². The first-order chi connectivity index (χ1) is 15.4. The number of aryl methyl sites for hydroxylation is 2. The minimum atomic E-state index is -0.0758. The highest BCUT2D eigenvalue weighted by molar-refractivity contribution is 7.99. The Kier molecular flexibility index (Phi) is 8.16. The molecule has 0 atom stereocenters. The van der Waals surface area contributed by atoms with Gasteiger partial charge in [-0.3, -0.25) is 4.79 Å². The fourth-order valence-corrected chi connectivity index (χ4v) is 4.02. The van der Waals surface area contributed by atoms with Gasteiger partial charge in [-0.25, -0.2) is 0 Å². The predicted octanol–water partition coefficient (Wildman–Crippen LogP) is 4.93. The monoisotopic (exact) mass is 454 g/mol. The van der Waals surface area contributed by atoms with Gasteiger partial charge in [0.2, 0.25) is 5.91 Å². The van der Waals surface area contributed by atoms with Crippen LogP contribution in [0.1, 0.15) is 36.4 Å². The summed E-state index contributed by atoms with van der Waals surface area (Å²) in [6, 6.07) is 11.7. The molecule has 170 valence electrons. The minimum Gasteiger partial charge on any atom is -0.490 e. The molecule has 0 bridgehead atoms. The third kappa shape index (κ3) is 5.82. The largest absolute Gasteiger partial charge is 0.490 e. The van der Waals surface area contributed by atoms with Crippen molar-refractivity contribution in [3.63, 3.8) is 0 Å². The van der Waals surface area contributed by atoms with E-state index in [1.807, 2.05) is 75.6 Å². The third-order valence-electron chi connectivity index (χ3n) is 5.08. The second-order valence-electron chi connectivity index (χ2n) is 7.40. The Hall–Kier alpha value is -3.00. The van der Waals surface area contributed by atoms with Gasteiger partial charge in [-0.2, -0.15) is 0 Å². The number of amides is 1. The van der Waals surface area contributed by atoms with Crippen LogP contribution >= 0.6 is 11.8 Å². The summed E-state index contributed by atoms with van der Waals surface area (Å²) >= 11 is 1.36. The maximum absolute atomic E-state index is 12.5. The molecule has 1 aromatic heterocycles. The Bertz CT molecular complexity index is 1080. The van der Waals surface area contributed by atoms with Crippen molar-refractivity contribution in [2.75, 3.05) is 17.7 Å². The predicted molar refractivity (Wildman–Crippen MR) is 128 cm³/mol. The maximum atomic E-state index is 12.5. The number of nitrogens with one attached hydrogen (secondary N) is 1. The summed E-state index contributed by atoms with van der Waals surface area (Å²) in [5, 5.41) is 12.2. The van der Waals surface area contributed by atoms with Crippen molar-refractivity contribution in [2.45, 2.75) is 52.9 Å². The van der Waals surface area contributed by atoms with Crippen LogP contribution in [0.2, 0.25) is 0 Å². The standard InChI is InChI=1S/C24H30N4O3S/c1-6-28-22(14-31-20-12-11-16(3)13-21(20)30-7-2)26-27-24(28)32-15-23(29)25-19-10-8-9-17(4)18(19)5/h8-13H,6-7,14-15H2,1-5H3,(H,25,29). The second-order valence-corrected chi connectivity index (χ2v) is 8.34. The average Bonchev–Trinajstić information content (AvgIpc) is 3.17. The molecule has 0 saturated heterocycles. The molecule has 1 amide bonds. The maximum Gasteiger partial charge on any atom is 0.234 e. The van der Waals surface area contributed by atoms with Crippen molar-refractivity contribution in [1.82, 2.24) is 14.8 Å². The van der Waals surface area contributed by atoms with Gasteiger partial charge in [0, 0.05) is 12.2 Å². The molecule has 0 unspecified atom stereocenters. The van der Waals surface area contributed by atoms with Gasteiger partial charge in [-0.1, -0.05) is 30.0 Å². The number of hydrogen-bond donors (Lipinski definition) is 1. The number of hydrogen-bond acceptors (Lipinski definition) is 6. The van der Waals surface area contributed by atoms with Crippen molar-refractivity contribution in [3.05, 3.63) is 58.9 Å². The molecule has 0 saturated carbocycles. The van der Waals surface area contributed by atoms with Crippen molar-refractivity contribution >= 4 is 23.4 Å². The lowest BCUT2D eigenvalue weighted by atomic mass is 10.1. The van der Waals surface area contributed by atoms with Gasteiger partial charge in [0.05, 0.1) is 12.4 Å². The summed E-state index contributed by atoms with van der Waals surface area (Å²) in [6.07, 6.45) is 0. The van der Waals surface area contributed by atoms with Crippen LogP contribution in [0.4, 0.5) is 5.69 Å². The van der Waals surface area contributed by atoms with Crippen LogP contribution in [-0.4, -0.2) is 33.0 Å². The van der Waals surface area contributed by atoms with Crippen molar-refractivity contribution in [1.29, 1.82) is 0 Å². The number of rotatable bonds is 10. The highest BCUT2D eigenvalue weighted by atomic mass is 32.2. The molecule has 0 spiro atoms. The van der Waals surface area contributed by atoms with Crippen LogP contribution in [0.15, 0.2) is 41.6 Å². The normalized spacial score (nSPS) is 10.8. The van der Waals surface area contributed by atoms with Crippen LogP contribution in [0.3, 0.4) is 0 Å². The number of carbonyl (C=O) groups excluding carboxylic acids is 1. The van der Waals surface area contributed by atoms with Gasteiger partial charge in [0.15, 0.2) is 22.5 Å². The molecule has 3 rings (SSSR count). The van der Waals surface area contributed by atoms with E-state index in [0.29, 0.717) is 35.6 Å². The van der Waals surface area contributed by atoms with Gasteiger partial charge in [-0.15, -0.1) is 10.2 Å². The van der Waals surface area contributed by atoms with E-state index in [4.69, 9.17) is 9.47 Å². The molecule has 1 N–H and O–H groups in total. The molecule has 0 aliphatic heterocycles. The quantitative estimate of drug-likeness (QED) is 0.438. The zero-order valence-corrected chi connectivity index (χ0v) is 20.1. The summed E-state index contributed by atoms with van der Waals surface area (Å²) in [6.45, 7) is 11.5. The molecule has 0 aliphatic carbocycles. The first-order valence-corrected chi connectivity index (χ1v) is 11.7. The van der Waals surface area contributed by atoms with E-state index in [9.17, 15) is 4.79 Å². The number of anilines is 1. The summed E-state index contributed by atoms with van der Waals surface area (Å²) in [5.74, 6) is 2.26. The fourth-order valence-electron chi connectivity index (χ4n) is 3.20. The molecule has 0 aliphatic rings. The van der Waals surface area contributed by atoms with Crippen LogP contribution in [-0.2, 0) is 17.9 Å². The van der Waals surface area contributed by atoms with E-state index in [1.54, 1.807) is 0 Å². The fraction of sp³-hybridized carbons (Fsp3) is 0.375. The van der Waals surface area contributed by atoms with E-state index in [2.05, 4.69) is 15.5 Å². The summed E-state index contributed by atoms with van der Waals surface area (Å²) in [7, 11) is 0. The number of benzene rings is 2. The van der Waals surface area contributed by atoms with Crippen LogP contribution in [0.25, 0.3) is 0 Å². The third-order valence-corrected chi connectivity index (χ3v) is 6.04. The van der Waals surface area contributed by atoms with Gasteiger partial charge >= 0.3 is 0 Å². The molecular weight excluding hydrogens is 424 g/mol. The number of thioether (sulfide) groups is 1. The van der Waals surface area contributed by atoms with E-state index in [-0.39, 0.29) is 18.3 Å². The highest BCUT2D eigenvalue weighted by Crippen LogP contribution is 2.29. The Labute approximate surface area is 193 Å². The van der Waals surface area contributed by atoms with E-state index >= 15 is 0 Å². The Morgan fingerprint density at radius 3 is 2.62 bits per heavy atom. The highest BCUT2D eigenvalue weighted by Gasteiger charge is 2.15. The molecule has 8 heteroatoms. The second kappa shape index (κ2) is 11.0. The summed E-state index contributed by atoms with van der Waals surface area (Å²) in [4.78, 5) is 12.5. The topological polar surface area (TPSA) is 78.3 Å². The molecular formula is C24H30N4O3S. The van der Waals surface area contributed by atoms with Crippen LogP contribution in [0, 0.1) is 20.8 Å². The lowest BCUT2D eigenvalue weighted by Gasteiger charge is -2.13. The number of ether oxygens (including phenoxy) is 2. The first-order valence-electron chi connectivity index (χ1n) is 10.7. The molecule has 0 radical (unpaired) electrons. The Morgan fingerprint density at radius 1 is 1.06 bits per heavy atom. The molecule has 0 fully saturated rings. The van der Waals surface area contributed by atoms with Crippen LogP contribution in [0.5, 0.6) is 11.5 Å². The van der Waals surface area contributed by atoms with E-state index in [0.717, 1.165) is 22.4 Å². The van der Waals surface area contributed by atoms with E-state index in [1.165, 1.54) is 11.8 Å². The van der Waals surface area contributed by atoms with Crippen molar-refractivity contribution < 1.29 is 14.3 Å². The van der Waals surface area contributed by atoms with Gasteiger partial charge < -0.3 is 19.4 Å². The van der Waals surface area contributed by atoms with Gasteiger partial charge in [-0.05, 0) is 69.5 Å². The summed E-state index contributed by atoms with van der Waals surface area (Å²) in [5.41, 5.74) is 4.16. The Balaban J connectivity index is 1.62. The zero-order chi connectivity index (χ0) is 23.1. The minimum absolute atomic E-state index is 0.0758. The van der Waals surface area contributed by atoms with Crippen molar-refractivity contribution in [2.24, 2.45) is 0 Å². The number of nitrogens with zero attached hydrogens (tertiary/aromatic N) is 3. The molecule has 3 aromatic rings. The number of carbonyl (C=O) groups is 1. The van der Waals surface area contributed by atoms with Crippen LogP contribution < -0.4 is 14.8 Å².